The van der Waals surface area contributed by atoms with E-state index >= 15 is 0 Å². The highest BCUT2D eigenvalue weighted by atomic mass is 32.1. The maximum Gasteiger partial charge on any atom is 0.265 e. The number of carbonyl (C=O) groups is 2. The quantitative estimate of drug-likeness (QED) is 0.333. The van der Waals surface area contributed by atoms with Gasteiger partial charge in [-0.25, -0.2) is 0 Å². The zero-order valence-corrected chi connectivity index (χ0v) is 9.26. The molecule has 5 heteroatoms. The molecule has 2 amide bonds. The first-order chi connectivity index (χ1) is 7.11. The van der Waals surface area contributed by atoms with Crippen LogP contribution in [-0.2, 0) is 9.59 Å². The van der Waals surface area contributed by atoms with Crippen LogP contribution in [0.15, 0.2) is 24.3 Å². The lowest BCUT2D eigenvalue weighted by molar-refractivity contribution is -0.128. The molecule has 0 atom stereocenters. The van der Waals surface area contributed by atoms with Crippen LogP contribution in [0.3, 0.4) is 0 Å². The molecule has 0 radical (unpaired) electrons. The molecular weight excluding hydrogens is 212 g/mol. The van der Waals surface area contributed by atoms with E-state index in [1.807, 2.05) is 6.92 Å². The fourth-order valence-corrected chi connectivity index (χ4v) is 1.50. The minimum atomic E-state index is -0.424. The first-order valence-corrected chi connectivity index (χ1v) is 5.00. The number of nitrogens with one attached hydrogen (secondary N) is 1. The monoisotopic (exact) mass is 224 g/mol. The van der Waals surface area contributed by atoms with Gasteiger partial charge in [0.1, 0.15) is 5.57 Å². The van der Waals surface area contributed by atoms with Gasteiger partial charge in [0, 0.05) is 6.54 Å². The van der Waals surface area contributed by atoms with Gasteiger partial charge in [0.25, 0.3) is 11.8 Å². The molecule has 1 aliphatic heterocycles. The second kappa shape index (κ2) is 4.84. The normalized spacial score (nSPS) is 19.4. The highest BCUT2D eigenvalue weighted by Crippen LogP contribution is 2.10. The number of thiocarbonyl (C=S) groups is 1. The van der Waals surface area contributed by atoms with Crippen LogP contribution in [0.25, 0.3) is 0 Å². The molecule has 0 bridgehead atoms. The third-order valence-electron chi connectivity index (χ3n) is 1.91. The molecule has 80 valence electrons. The Balaban J connectivity index is 2.99. The van der Waals surface area contributed by atoms with Crippen LogP contribution in [0, 0.1) is 0 Å². The Hall–Kier alpha value is -1.49. The van der Waals surface area contributed by atoms with E-state index in [4.69, 9.17) is 12.2 Å². The fraction of sp³-hybridized carbons (Fsp3) is 0.300. The minimum Gasteiger partial charge on any atom is -0.298 e. The summed E-state index contributed by atoms with van der Waals surface area (Å²) in [4.78, 5) is 24.5. The van der Waals surface area contributed by atoms with Crippen molar-refractivity contribution in [1.29, 1.82) is 0 Å². The summed E-state index contributed by atoms with van der Waals surface area (Å²) in [7, 11) is 0. The van der Waals surface area contributed by atoms with Gasteiger partial charge in [-0.05, 0) is 18.6 Å². The second-order valence-corrected chi connectivity index (χ2v) is 3.38. The number of nitrogens with zero attached hydrogens (tertiary/aromatic N) is 1. The molecule has 1 fully saturated rings. The number of rotatable bonds is 3. The number of amides is 2. The SMILES string of the molecule is C=CCN1C(=O)/C(=C/CC)C(=O)NC1=S. The van der Waals surface area contributed by atoms with Gasteiger partial charge in [-0.3, -0.25) is 19.8 Å². The van der Waals surface area contributed by atoms with Crippen LogP contribution in [0.4, 0.5) is 0 Å². The van der Waals surface area contributed by atoms with Gasteiger partial charge in [0.05, 0.1) is 0 Å². The molecule has 1 N–H and O–H groups in total. The molecule has 1 rings (SSSR count). The molecule has 1 aliphatic rings. The zero-order valence-electron chi connectivity index (χ0n) is 8.45. The summed E-state index contributed by atoms with van der Waals surface area (Å²) in [6.07, 6.45) is 3.78. The van der Waals surface area contributed by atoms with Crippen LogP contribution < -0.4 is 5.32 Å². The summed E-state index contributed by atoms with van der Waals surface area (Å²) >= 11 is 4.88. The lowest BCUT2D eigenvalue weighted by atomic mass is 10.1. The molecule has 15 heavy (non-hydrogen) atoms. The molecule has 0 aromatic carbocycles. The van der Waals surface area contributed by atoms with Gasteiger partial charge in [-0.1, -0.05) is 19.1 Å². The van der Waals surface area contributed by atoms with E-state index in [0.29, 0.717) is 13.0 Å². The Morgan fingerprint density at radius 3 is 2.73 bits per heavy atom. The van der Waals surface area contributed by atoms with Gasteiger partial charge in [0.15, 0.2) is 5.11 Å². The van der Waals surface area contributed by atoms with Crippen molar-refractivity contribution < 1.29 is 9.59 Å². The van der Waals surface area contributed by atoms with Crippen molar-refractivity contribution in [2.24, 2.45) is 0 Å². The predicted octanol–water partition coefficient (Wildman–Crippen LogP) is 0.752. The van der Waals surface area contributed by atoms with E-state index < -0.39 is 5.91 Å². The Kier molecular flexibility index (Phi) is 3.74. The summed E-state index contributed by atoms with van der Waals surface area (Å²) in [5.41, 5.74) is 0.146. The molecule has 0 spiro atoms. The van der Waals surface area contributed by atoms with Gasteiger partial charge in [-0.15, -0.1) is 6.58 Å². The topological polar surface area (TPSA) is 49.4 Å². The fourth-order valence-electron chi connectivity index (χ4n) is 1.25. The summed E-state index contributed by atoms with van der Waals surface area (Å²) in [5, 5.41) is 2.60. The summed E-state index contributed by atoms with van der Waals surface area (Å²) < 4.78 is 0. The number of allylic oxidation sites excluding steroid dienone is 1. The zero-order chi connectivity index (χ0) is 11.4. The van der Waals surface area contributed by atoms with Crippen molar-refractivity contribution in [3.8, 4) is 0 Å². The molecule has 0 aromatic rings. The average Bonchev–Trinajstić information content (AvgIpc) is 2.19. The Bertz CT molecular complexity index is 360. The third kappa shape index (κ3) is 2.30. The highest BCUT2D eigenvalue weighted by Gasteiger charge is 2.31. The molecule has 0 aromatic heterocycles. The predicted molar refractivity (Wildman–Crippen MR) is 61.0 cm³/mol. The van der Waals surface area contributed by atoms with Crippen molar-refractivity contribution in [2.75, 3.05) is 6.54 Å². The van der Waals surface area contributed by atoms with E-state index in [2.05, 4.69) is 11.9 Å². The molecule has 1 heterocycles. The van der Waals surface area contributed by atoms with Gasteiger partial charge in [-0.2, -0.15) is 0 Å². The van der Waals surface area contributed by atoms with Crippen LogP contribution >= 0.6 is 12.2 Å². The maximum atomic E-state index is 11.8. The van der Waals surface area contributed by atoms with Crippen molar-refractivity contribution in [3.63, 3.8) is 0 Å². The maximum absolute atomic E-state index is 11.8. The van der Waals surface area contributed by atoms with Crippen LogP contribution in [0.2, 0.25) is 0 Å². The molecule has 1 saturated heterocycles. The smallest absolute Gasteiger partial charge is 0.265 e. The van der Waals surface area contributed by atoms with E-state index in [1.165, 1.54) is 4.90 Å². The summed E-state index contributed by atoms with van der Waals surface area (Å²) in [6, 6.07) is 0. The van der Waals surface area contributed by atoms with E-state index in [-0.39, 0.29) is 16.6 Å². The second-order valence-electron chi connectivity index (χ2n) is 2.99. The van der Waals surface area contributed by atoms with Gasteiger partial charge < -0.3 is 0 Å². The number of carbonyl (C=O) groups excluding carboxylic acids is 2. The van der Waals surface area contributed by atoms with Crippen LogP contribution in [-0.4, -0.2) is 28.4 Å². The highest BCUT2D eigenvalue weighted by molar-refractivity contribution is 7.80. The van der Waals surface area contributed by atoms with Crippen molar-refractivity contribution in [1.82, 2.24) is 10.2 Å². The largest absolute Gasteiger partial charge is 0.298 e. The first-order valence-electron chi connectivity index (χ1n) is 4.60. The lowest BCUT2D eigenvalue weighted by Gasteiger charge is -2.27. The first kappa shape index (κ1) is 11.6. The number of hydrogen-bond acceptors (Lipinski definition) is 3. The van der Waals surface area contributed by atoms with Crippen molar-refractivity contribution >= 4 is 29.1 Å². The number of hydrogen-bond donors (Lipinski definition) is 1. The Morgan fingerprint density at radius 1 is 1.53 bits per heavy atom. The Labute approximate surface area is 93.6 Å². The summed E-state index contributed by atoms with van der Waals surface area (Å²) in [6.45, 7) is 5.69. The standard InChI is InChI=1S/C10H12N2O2S/c1-3-5-7-8(13)11-10(15)12(6-4-2)9(7)14/h4-5H,2-3,6H2,1H3,(H,11,13,15)/b7-5+. The van der Waals surface area contributed by atoms with Gasteiger partial charge >= 0.3 is 0 Å². The average molecular weight is 224 g/mol. The van der Waals surface area contributed by atoms with Gasteiger partial charge in [0.2, 0.25) is 0 Å². The molecule has 0 saturated carbocycles. The Morgan fingerprint density at radius 2 is 2.20 bits per heavy atom. The van der Waals surface area contributed by atoms with Crippen LogP contribution in [0.5, 0.6) is 0 Å². The van der Waals surface area contributed by atoms with E-state index in [9.17, 15) is 9.59 Å². The van der Waals surface area contributed by atoms with Crippen LogP contribution in [0.1, 0.15) is 13.3 Å². The molecule has 0 unspecified atom stereocenters. The van der Waals surface area contributed by atoms with E-state index in [1.54, 1.807) is 12.2 Å². The lowest BCUT2D eigenvalue weighted by Crippen LogP contribution is -2.53. The summed E-state index contributed by atoms with van der Waals surface area (Å²) in [5.74, 6) is -0.780. The van der Waals surface area contributed by atoms with Crippen molar-refractivity contribution in [2.45, 2.75) is 13.3 Å². The molecule has 4 nitrogen and oxygen atoms in total. The third-order valence-corrected chi connectivity index (χ3v) is 2.23. The molecule has 0 aliphatic carbocycles. The van der Waals surface area contributed by atoms with E-state index in [0.717, 1.165) is 0 Å². The minimum absolute atomic E-state index is 0.137. The molecular formula is C10H12N2O2S. The van der Waals surface area contributed by atoms with Crippen molar-refractivity contribution in [3.05, 3.63) is 24.3 Å².